The van der Waals surface area contributed by atoms with Crippen molar-refractivity contribution in [3.05, 3.63) is 29.3 Å². The molecule has 0 atom stereocenters. The number of amides is 1. The van der Waals surface area contributed by atoms with Gasteiger partial charge in [0.2, 0.25) is 5.91 Å². The molecule has 88 valence electrons. The van der Waals surface area contributed by atoms with Crippen LogP contribution in [-0.2, 0) is 4.79 Å². The topological polar surface area (TPSA) is 52.6 Å². The number of likely N-dealkylation sites (N-methyl/N-ethyl adjacent to an activating group) is 1. The Morgan fingerprint density at radius 3 is 2.62 bits per heavy atom. The van der Waals surface area contributed by atoms with Gasteiger partial charge in [0.15, 0.2) is 0 Å². The number of halogens is 1. The summed E-state index contributed by atoms with van der Waals surface area (Å²) < 4.78 is 0. The summed E-state index contributed by atoms with van der Waals surface area (Å²) in [5.41, 5.74) is 0.715. The molecular weight excluding hydrogens is 228 g/mol. The lowest BCUT2D eigenvalue weighted by molar-refractivity contribution is -0.117. The van der Waals surface area contributed by atoms with Gasteiger partial charge in [-0.25, -0.2) is 0 Å². The van der Waals surface area contributed by atoms with Gasteiger partial charge in [0.1, 0.15) is 0 Å². The second-order valence-corrected chi connectivity index (χ2v) is 3.95. The Kier molecular flexibility index (Phi) is 5.25. The molecule has 0 aliphatic carbocycles. The number of nitrogens with one attached hydrogen (secondary N) is 1. The maximum atomic E-state index is 11.5. The number of anilines is 1. The molecule has 2 N–H and O–H groups in total. The molecule has 0 fully saturated rings. The van der Waals surface area contributed by atoms with E-state index in [0.717, 1.165) is 0 Å². The molecule has 0 unspecified atom stereocenters. The van der Waals surface area contributed by atoms with Crippen molar-refractivity contribution in [2.75, 3.05) is 32.1 Å². The molecular formula is C11H15ClN2O2. The molecule has 5 heteroatoms. The van der Waals surface area contributed by atoms with E-state index in [1.54, 1.807) is 36.2 Å². The van der Waals surface area contributed by atoms with Gasteiger partial charge in [0.05, 0.1) is 13.2 Å². The molecule has 0 aliphatic rings. The Labute approximate surface area is 99.8 Å². The highest BCUT2D eigenvalue weighted by molar-refractivity contribution is 6.30. The lowest BCUT2D eigenvalue weighted by atomic mass is 10.3. The Bertz CT molecular complexity index is 340. The molecule has 4 nitrogen and oxygen atoms in total. The van der Waals surface area contributed by atoms with Crippen molar-refractivity contribution >= 4 is 23.2 Å². The SMILES string of the molecule is CN(CCO)CC(=O)Nc1ccc(Cl)cc1. The molecule has 0 radical (unpaired) electrons. The van der Waals surface area contributed by atoms with Crippen LogP contribution in [0.2, 0.25) is 5.02 Å². The number of hydrogen-bond donors (Lipinski definition) is 2. The van der Waals surface area contributed by atoms with Gasteiger partial charge in [-0.3, -0.25) is 9.69 Å². The number of aliphatic hydroxyl groups excluding tert-OH is 1. The Hall–Kier alpha value is -1.10. The van der Waals surface area contributed by atoms with Crippen LogP contribution >= 0.6 is 11.6 Å². The summed E-state index contributed by atoms with van der Waals surface area (Å²) in [7, 11) is 1.78. The largest absolute Gasteiger partial charge is 0.395 e. The Balaban J connectivity index is 2.42. The molecule has 0 saturated carbocycles. The van der Waals surface area contributed by atoms with Crippen molar-refractivity contribution in [1.29, 1.82) is 0 Å². The molecule has 16 heavy (non-hydrogen) atoms. The maximum Gasteiger partial charge on any atom is 0.238 e. The Morgan fingerprint density at radius 2 is 2.06 bits per heavy atom. The predicted octanol–water partition coefficient (Wildman–Crippen LogP) is 1.20. The summed E-state index contributed by atoms with van der Waals surface area (Å²) in [6.07, 6.45) is 0. The monoisotopic (exact) mass is 242 g/mol. The van der Waals surface area contributed by atoms with Crippen LogP contribution < -0.4 is 5.32 Å². The van der Waals surface area contributed by atoms with Crippen LogP contribution in [0.3, 0.4) is 0 Å². The van der Waals surface area contributed by atoms with E-state index in [9.17, 15) is 4.79 Å². The van der Waals surface area contributed by atoms with Gasteiger partial charge < -0.3 is 10.4 Å². The zero-order chi connectivity index (χ0) is 12.0. The number of aliphatic hydroxyl groups is 1. The second kappa shape index (κ2) is 6.48. The van der Waals surface area contributed by atoms with Crippen LogP contribution in [-0.4, -0.2) is 42.7 Å². The van der Waals surface area contributed by atoms with Crippen LogP contribution in [0.1, 0.15) is 0 Å². The third-order valence-corrected chi connectivity index (χ3v) is 2.28. The Morgan fingerprint density at radius 1 is 1.44 bits per heavy atom. The molecule has 0 aromatic heterocycles. The number of carbonyl (C=O) groups is 1. The van der Waals surface area contributed by atoms with Crippen molar-refractivity contribution in [2.45, 2.75) is 0 Å². The third-order valence-electron chi connectivity index (χ3n) is 2.02. The third kappa shape index (κ3) is 4.61. The summed E-state index contributed by atoms with van der Waals surface area (Å²) in [4.78, 5) is 13.3. The van der Waals surface area contributed by atoms with Crippen molar-refractivity contribution in [3.8, 4) is 0 Å². The van der Waals surface area contributed by atoms with Crippen molar-refractivity contribution in [3.63, 3.8) is 0 Å². The van der Waals surface area contributed by atoms with Crippen LogP contribution in [0.25, 0.3) is 0 Å². The van der Waals surface area contributed by atoms with Gasteiger partial charge in [-0.2, -0.15) is 0 Å². The fourth-order valence-electron chi connectivity index (χ4n) is 1.23. The average molecular weight is 243 g/mol. The number of carbonyl (C=O) groups excluding carboxylic acids is 1. The predicted molar refractivity (Wildman–Crippen MR) is 64.7 cm³/mol. The van der Waals surface area contributed by atoms with Crippen LogP contribution in [0, 0.1) is 0 Å². The first-order chi connectivity index (χ1) is 7.61. The lowest BCUT2D eigenvalue weighted by Gasteiger charge is -2.14. The maximum absolute atomic E-state index is 11.5. The van der Waals surface area contributed by atoms with Gasteiger partial charge in [0, 0.05) is 17.3 Å². The molecule has 1 rings (SSSR count). The smallest absolute Gasteiger partial charge is 0.238 e. The van der Waals surface area contributed by atoms with Gasteiger partial charge in [-0.1, -0.05) is 11.6 Å². The van der Waals surface area contributed by atoms with Crippen molar-refractivity contribution < 1.29 is 9.90 Å². The fourth-order valence-corrected chi connectivity index (χ4v) is 1.35. The van der Waals surface area contributed by atoms with Crippen LogP contribution in [0.15, 0.2) is 24.3 Å². The molecule has 0 bridgehead atoms. The van der Waals surface area contributed by atoms with E-state index in [4.69, 9.17) is 16.7 Å². The first-order valence-corrected chi connectivity index (χ1v) is 5.34. The zero-order valence-corrected chi connectivity index (χ0v) is 9.87. The summed E-state index contributed by atoms with van der Waals surface area (Å²) in [5, 5.41) is 12.1. The molecule has 0 heterocycles. The van der Waals surface area contributed by atoms with Crippen molar-refractivity contribution in [2.24, 2.45) is 0 Å². The minimum absolute atomic E-state index is 0.0464. The minimum atomic E-state index is -0.113. The summed E-state index contributed by atoms with van der Waals surface area (Å²) in [6.45, 7) is 0.780. The lowest BCUT2D eigenvalue weighted by Crippen LogP contribution is -2.32. The van der Waals surface area contributed by atoms with Crippen LogP contribution in [0.5, 0.6) is 0 Å². The second-order valence-electron chi connectivity index (χ2n) is 3.52. The molecule has 0 aliphatic heterocycles. The highest BCUT2D eigenvalue weighted by Crippen LogP contribution is 2.13. The normalized spacial score (nSPS) is 10.5. The highest BCUT2D eigenvalue weighted by Gasteiger charge is 2.05. The van der Waals surface area contributed by atoms with E-state index >= 15 is 0 Å². The van der Waals surface area contributed by atoms with E-state index in [0.29, 0.717) is 17.3 Å². The minimum Gasteiger partial charge on any atom is -0.395 e. The zero-order valence-electron chi connectivity index (χ0n) is 9.11. The van der Waals surface area contributed by atoms with Crippen molar-refractivity contribution in [1.82, 2.24) is 4.90 Å². The van der Waals surface area contributed by atoms with Gasteiger partial charge in [0.25, 0.3) is 0 Å². The number of nitrogens with zero attached hydrogens (tertiary/aromatic N) is 1. The van der Waals surface area contributed by atoms with E-state index in [-0.39, 0.29) is 19.1 Å². The number of rotatable bonds is 5. The molecule has 1 amide bonds. The van der Waals surface area contributed by atoms with E-state index in [1.165, 1.54) is 0 Å². The van der Waals surface area contributed by atoms with Gasteiger partial charge >= 0.3 is 0 Å². The van der Waals surface area contributed by atoms with Crippen LogP contribution in [0.4, 0.5) is 5.69 Å². The molecule has 0 saturated heterocycles. The first-order valence-electron chi connectivity index (χ1n) is 4.96. The molecule has 0 spiro atoms. The summed E-state index contributed by atoms with van der Waals surface area (Å²) in [6, 6.07) is 6.92. The summed E-state index contributed by atoms with van der Waals surface area (Å²) in [5.74, 6) is -0.113. The standard InChI is InChI=1S/C11H15ClN2O2/c1-14(6-7-15)8-11(16)13-10-4-2-9(12)3-5-10/h2-5,15H,6-8H2,1H3,(H,13,16). The van der Waals surface area contributed by atoms with E-state index in [2.05, 4.69) is 5.32 Å². The summed E-state index contributed by atoms with van der Waals surface area (Å²) >= 11 is 5.73. The van der Waals surface area contributed by atoms with Gasteiger partial charge in [-0.05, 0) is 31.3 Å². The number of hydrogen-bond acceptors (Lipinski definition) is 3. The highest BCUT2D eigenvalue weighted by atomic mass is 35.5. The average Bonchev–Trinajstić information content (AvgIpc) is 2.21. The first kappa shape index (κ1) is 13.0. The quantitative estimate of drug-likeness (QED) is 0.816. The van der Waals surface area contributed by atoms with Gasteiger partial charge in [-0.15, -0.1) is 0 Å². The molecule has 1 aromatic carbocycles. The molecule has 1 aromatic rings. The fraction of sp³-hybridized carbons (Fsp3) is 0.364. The van der Waals surface area contributed by atoms with E-state index in [1.807, 2.05) is 0 Å². The number of benzene rings is 1. The van der Waals surface area contributed by atoms with E-state index < -0.39 is 0 Å².